The number of ether oxygens (including phenoxy) is 1. The van der Waals surface area contributed by atoms with Gasteiger partial charge in [0.15, 0.2) is 11.5 Å². The highest BCUT2D eigenvalue weighted by Gasteiger charge is 2.42. The van der Waals surface area contributed by atoms with Crippen molar-refractivity contribution in [2.75, 3.05) is 20.3 Å². The maximum absolute atomic E-state index is 13.0. The summed E-state index contributed by atoms with van der Waals surface area (Å²) in [5.41, 5.74) is 2.47. The summed E-state index contributed by atoms with van der Waals surface area (Å²) in [7, 11) is 1.44. The number of phenolic OH excluding ortho intramolecular Hbond substituents is 2. The Hall–Kier alpha value is -3.04. The molecule has 1 amide bonds. The molecule has 1 aliphatic heterocycles. The number of amides is 1. The van der Waals surface area contributed by atoms with Crippen molar-refractivity contribution in [1.82, 2.24) is 15.1 Å². The van der Waals surface area contributed by atoms with E-state index in [1.807, 2.05) is 0 Å². The van der Waals surface area contributed by atoms with Gasteiger partial charge in [0.2, 0.25) is 0 Å². The number of halogens is 1. The number of benzene rings is 2. The summed E-state index contributed by atoms with van der Waals surface area (Å²) in [6, 6.07) is 9.48. The minimum absolute atomic E-state index is 0.0399. The van der Waals surface area contributed by atoms with Gasteiger partial charge >= 0.3 is 0 Å². The van der Waals surface area contributed by atoms with Crippen LogP contribution in [0.5, 0.6) is 17.2 Å². The van der Waals surface area contributed by atoms with Gasteiger partial charge < -0.3 is 25.0 Å². The molecule has 1 aliphatic rings. The van der Waals surface area contributed by atoms with Crippen molar-refractivity contribution >= 4 is 21.8 Å². The maximum atomic E-state index is 13.0. The predicted octanol–water partition coefficient (Wildman–Crippen LogP) is 2.80. The number of rotatable bonds is 5. The molecule has 4 N–H and O–H groups in total. The molecule has 9 heteroatoms. The standard InChI is InChI=1S/C20H18BrN3O5/c1-29-14-9-10(8-12(21)19(14)27)18-15-16(11-4-2-3-5-13(11)26)22-23-17(15)20(28)24(18)6-7-25/h2-5,8-9,18,25-27H,6-7H2,1H3,(H,22,23). The van der Waals surface area contributed by atoms with Crippen molar-refractivity contribution in [3.63, 3.8) is 0 Å². The topological polar surface area (TPSA) is 119 Å². The summed E-state index contributed by atoms with van der Waals surface area (Å²) >= 11 is 3.32. The van der Waals surface area contributed by atoms with Gasteiger partial charge in [0, 0.05) is 17.7 Å². The Morgan fingerprint density at radius 2 is 2.03 bits per heavy atom. The summed E-state index contributed by atoms with van der Waals surface area (Å²) in [6.45, 7) is -0.116. The zero-order chi connectivity index (χ0) is 20.7. The van der Waals surface area contributed by atoms with Crippen LogP contribution in [-0.4, -0.2) is 56.6 Å². The van der Waals surface area contributed by atoms with E-state index in [0.717, 1.165) is 0 Å². The molecule has 0 fully saturated rings. The van der Waals surface area contributed by atoms with Crippen LogP contribution in [0.2, 0.25) is 0 Å². The van der Waals surface area contributed by atoms with Crippen molar-refractivity contribution in [1.29, 1.82) is 0 Å². The minimum Gasteiger partial charge on any atom is -0.507 e. The minimum atomic E-state index is -0.594. The molecular weight excluding hydrogens is 442 g/mol. The summed E-state index contributed by atoms with van der Waals surface area (Å²) in [5, 5.41) is 37.1. The molecule has 0 saturated heterocycles. The second kappa shape index (κ2) is 7.41. The maximum Gasteiger partial charge on any atom is 0.273 e. The molecule has 8 nitrogen and oxygen atoms in total. The van der Waals surface area contributed by atoms with Crippen molar-refractivity contribution in [3.05, 3.63) is 57.7 Å². The van der Waals surface area contributed by atoms with E-state index < -0.39 is 6.04 Å². The third-order valence-electron chi connectivity index (χ3n) is 4.95. The molecule has 2 aromatic carbocycles. The molecule has 0 saturated carbocycles. The van der Waals surface area contributed by atoms with Gasteiger partial charge in [0.25, 0.3) is 5.91 Å². The van der Waals surface area contributed by atoms with Gasteiger partial charge in [-0.3, -0.25) is 9.89 Å². The first kappa shape index (κ1) is 19.3. The molecule has 4 rings (SSSR count). The first-order valence-corrected chi connectivity index (χ1v) is 9.62. The average Bonchev–Trinajstić information content (AvgIpc) is 3.24. The molecule has 1 unspecified atom stereocenters. The van der Waals surface area contributed by atoms with Crippen LogP contribution in [0.3, 0.4) is 0 Å². The van der Waals surface area contributed by atoms with E-state index in [1.165, 1.54) is 12.0 Å². The lowest BCUT2D eigenvalue weighted by Crippen LogP contribution is -2.32. The van der Waals surface area contributed by atoms with Gasteiger partial charge in [-0.2, -0.15) is 5.10 Å². The van der Waals surface area contributed by atoms with E-state index in [1.54, 1.807) is 36.4 Å². The van der Waals surface area contributed by atoms with E-state index in [2.05, 4.69) is 26.1 Å². The number of nitrogens with one attached hydrogen (secondary N) is 1. The Morgan fingerprint density at radius 1 is 1.28 bits per heavy atom. The molecule has 1 atom stereocenters. The fraction of sp³-hybridized carbons (Fsp3) is 0.200. The molecule has 0 spiro atoms. The average molecular weight is 460 g/mol. The van der Waals surface area contributed by atoms with Crippen LogP contribution in [0.25, 0.3) is 11.3 Å². The second-order valence-electron chi connectivity index (χ2n) is 6.56. The number of carbonyl (C=O) groups excluding carboxylic acids is 1. The summed E-state index contributed by atoms with van der Waals surface area (Å²) in [4.78, 5) is 14.5. The number of para-hydroxylation sites is 1. The number of methoxy groups -OCH3 is 1. The van der Waals surface area contributed by atoms with Crippen LogP contribution in [0.15, 0.2) is 40.9 Å². The van der Waals surface area contributed by atoms with Crippen LogP contribution in [0.4, 0.5) is 0 Å². The lowest BCUT2D eigenvalue weighted by atomic mass is 9.95. The lowest BCUT2D eigenvalue weighted by Gasteiger charge is -2.26. The predicted molar refractivity (Wildman–Crippen MR) is 108 cm³/mol. The fourth-order valence-corrected chi connectivity index (χ4v) is 4.13. The Kier molecular flexibility index (Phi) is 4.93. The van der Waals surface area contributed by atoms with Gasteiger partial charge in [0.05, 0.1) is 24.2 Å². The number of phenols is 2. The van der Waals surface area contributed by atoms with Gasteiger partial charge in [-0.25, -0.2) is 0 Å². The van der Waals surface area contributed by atoms with Crippen molar-refractivity contribution in [2.45, 2.75) is 6.04 Å². The van der Waals surface area contributed by atoms with E-state index in [0.29, 0.717) is 32.6 Å². The molecular formula is C20H18BrN3O5. The number of β-amino-alcohol motifs (C(OH)–C–C–N with tert-alkyl or cyclic N) is 1. The molecule has 1 aromatic heterocycles. The number of hydrogen-bond donors (Lipinski definition) is 4. The normalized spacial score (nSPS) is 15.6. The number of aromatic nitrogens is 2. The van der Waals surface area contributed by atoms with Gasteiger partial charge in [-0.05, 0) is 45.8 Å². The Balaban J connectivity index is 1.95. The van der Waals surface area contributed by atoms with E-state index in [9.17, 15) is 20.1 Å². The van der Waals surface area contributed by atoms with Crippen molar-refractivity contribution in [2.24, 2.45) is 0 Å². The largest absolute Gasteiger partial charge is 0.507 e. The third kappa shape index (κ3) is 3.02. The highest BCUT2D eigenvalue weighted by atomic mass is 79.9. The number of hydrogen-bond acceptors (Lipinski definition) is 6. The van der Waals surface area contributed by atoms with Crippen LogP contribution in [0.1, 0.15) is 27.7 Å². The molecule has 29 heavy (non-hydrogen) atoms. The van der Waals surface area contributed by atoms with Gasteiger partial charge in [-0.15, -0.1) is 0 Å². The van der Waals surface area contributed by atoms with Crippen LogP contribution < -0.4 is 4.74 Å². The number of aliphatic hydroxyl groups is 1. The summed E-state index contributed by atoms with van der Waals surface area (Å²) < 4.78 is 5.66. The monoisotopic (exact) mass is 459 g/mol. The number of fused-ring (bicyclic) bond motifs is 1. The molecule has 0 radical (unpaired) electrons. The molecule has 3 aromatic rings. The summed E-state index contributed by atoms with van der Waals surface area (Å²) in [6.07, 6.45) is 0. The van der Waals surface area contributed by atoms with Gasteiger partial charge in [-0.1, -0.05) is 12.1 Å². The first-order valence-electron chi connectivity index (χ1n) is 8.82. The Labute approximate surface area is 174 Å². The van der Waals surface area contributed by atoms with Crippen molar-refractivity contribution < 1.29 is 24.9 Å². The zero-order valence-electron chi connectivity index (χ0n) is 15.4. The van der Waals surface area contributed by atoms with E-state index in [4.69, 9.17) is 4.74 Å². The highest BCUT2D eigenvalue weighted by Crippen LogP contribution is 2.47. The quantitative estimate of drug-likeness (QED) is 0.465. The molecule has 150 valence electrons. The highest BCUT2D eigenvalue weighted by molar-refractivity contribution is 9.10. The zero-order valence-corrected chi connectivity index (χ0v) is 17.0. The number of aromatic amines is 1. The van der Waals surface area contributed by atoms with Crippen LogP contribution in [0, 0.1) is 0 Å². The first-order chi connectivity index (χ1) is 14.0. The number of aliphatic hydroxyl groups excluding tert-OH is 1. The molecule has 2 heterocycles. The Morgan fingerprint density at radius 3 is 2.72 bits per heavy atom. The van der Waals surface area contributed by atoms with Gasteiger partial charge in [0.1, 0.15) is 17.1 Å². The van der Waals surface area contributed by atoms with E-state index in [-0.39, 0.29) is 36.3 Å². The van der Waals surface area contributed by atoms with Crippen LogP contribution >= 0.6 is 15.9 Å². The number of aromatic hydroxyl groups is 2. The SMILES string of the molecule is COc1cc(C2c3c(-c4ccccc4O)n[nH]c3C(=O)N2CCO)cc(Br)c1O. The van der Waals surface area contributed by atoms with Crippen LogP contribution in [-0.2, 0) is 0 Å². The fourth-order valence-electron chi connectivity index (χ4n) is 3.67. The van der Waals surface area contributed by atoms with Crippen molar-refractivity contribution in [3.8, 4) is 28.5 Å². The molecule has 0 aliphatic carbocycles. The number of nitrogens with zero attached hydrogens (tertiary/aromatic N) is 2. The number of H-pyrrole nitrogens is 1. The van der Waals surface area contributed by atoms with E-state index >= 15 is 0 Å². The smallest absolute Gasteiger partial charge is 0.273 e. The second-order valence-corrected chi connectivity index (χ2v) is 7.41. The molecule has 0 bridgehead atoms. The number of carbonyl (C=O) groups is 1. The third-order valence-corrected chi connectivity index (χ3v) is 5.55. The summed E-state index contributed by atoms with van der Waals surface area (Å²) in [5.74, 6) is -0.0797. The Bertz CT molecular complexity index is 1100. The lowest BCUT2D eigenvalue weighted by molar-refractivity contribution is 0.0706.